The Morgan fingerprint density at radius 1 is 0.947 bits per heavy atom. The van der Waals surface area contributed by atoms with Crippen LogP contribution in [0.15, 0.2) is 60.7 Å². The zero-order valence-corrected chi connectivity index (χ0v) is 20.9. The number of aromatic amines is 1. The van der Waals surface area contributed by atoms with Crippen LogP contribution in [0.25, 0.3) is 32.6 Å². The van der Waals surface area contributed by atoms with Gasteiger partial charge in [-0.15, -0.1) is 11.3 Å². The Kier molecular flexibility index (Phi) is 6.23. The molecule has 3 aromatic heterocycles. The minimum Gasteiger partial charge on any atom is -0.365 e. The molecule has 2 amide bonds. The van der Waals surface area contributed by atoms with Gasteiger partial charge in [0.25, 0.3) is 11.8 Å². The molecule has 4 N–H and O–H groups in total. The third kappa shape index (κ3) is 4.75. The molecule has 0 aliphatic heterocycles. The van der Waals surface area contributed by atoms with Crippen molar-refractivity contribution in [3.63, 3.8) is 0 Å². The number of alkyl halides is 3. The Labute approximate surface area is 218 Å². The summed E-state index contributed by atoms with van der Waals surface area (Å²) >= 11 is 0.689. The molecular formula is C27H20F3N5O2S. The molecule has 0 unspecified atom stereocenters. The van der Waals surface area contributed by atoms with Crippen molar-refractivity contribution in [2.45, 2.75) is 20.0 Å². The number of thiophene rings is 1. The van der Waals surface area contributed by atoms with E-state index in [1.165, 1.54) is 0 Å². The van der Waals surface area contributed by atoms with Crippen molar-refractivity contribution in [2.24, 2.45) is 5.73 Å². The summed E-state index contributed by atoms with van der Waals surface area (Å²) in [5.41, 5.74) is 8.44. The number of pyridine rings is 1. The summed E-state index contributed by atoms with van der Waals surface area (Å²) in [7, 11) is 0. The number of amides is 2. The van der Waals surface area contributed by atoms with Crippen molar-refractivity contribution in [1.29, 1.82) is 0 Å². The van der Waals surface area contributed by atoms with Crippen molar-refractivity contribution in [3.05, 3.63) is 88.1 Å². The molecule has 7 nitrogen and oxygen atoms in total. The van der Waals surface area contributed by atoms with Crippen LogP contribution in [0.1, 0.15) is 37.0 Å². The highest BCUT2D eigenvalue weighted by atomic mass is 32.1. The number of fused-ring (bicyclic) bond motifs is 1. The summed E-state index contributed by atoms with van der Waals surface area (Å²) in [6.07, 6.45) is -4.73. The van der Waals surface area contributed by atoms with Crippen LogP contribution in [-0.2, 0) is 6.18 Å². The summed E-state index contributed by atoms with van der Waals surface area (Å²) in [4.78, 5) is 29.1. The van der Waals surface area contributed by atoms with Crippen LogP contribution in [0.3, 0.4) is 0 Å². The summed E-state index contributed by atoms with van der Waals surface area (Å²) in [5.74, 6) is -1.55. The van der Waals surface area contributed by atoms with Gasteiger partial charge in [-0.1, -0.05) is 59.7 Å². The van der Waals surface area contributed by atoms with E-state index in [1.54, 1.807) is 30.3 Å². The molecule has 5 aromatic rings. The Morgan fingerprint density at radius 2 is 1.55 bits per heavy atom. The van der Waals surface area contributed by atoms with Crippen LogP contribution in [0.4, 0.5) is 18.9 Å². The summed E-state index contributed by atoms with van der Waals surface area (Å²) < 4.78 is 41.1. The number of aryl methyl sites for hydroxylation is 2. The van der Waals surface area contributed by atoms with Crippen LogP contribution in [-0.4, -0.2) is 27.0 Å². The molecule has 0 aliphatic carbocycles. The second-order valence-electron chi connectivity index (χ2n) is 8.76. The Bertz CT molecular complexity index is 1690. The van der Waals surface area contributed by atoms with Crippen molar-refractivity contribution >= 4 is 39.1 Å². The number of nitrogens with one attached hydrogen (secondary N) is 2. The molecule has 5 rings (SSSR count). The number of carbonyl (C=O) groups is 2. The predicted octanol–water partition coefficient (Wildman–Crippen LogP) is 6.34. The lowest BCUT2D eigenvalue weighted by Gasteiger charge is -2.12. The van der Waals surface area contributed by atoms with Gasteiger partial charge in [-0.3, -0.25) is 14.7 Å². The van der Waals surface area contributed by atoms with Crippen molar-refractivity contribution < 1.29 is 22.8 Å². The highest BCUT2D eigenvalue weighted by Gasteiger charge is 2.35. The topological polar surface area (TPSA) is 114 Å². The van der Waals surface area contributed by atoms with E-state index in [0.717, 1.165) is 22.8 Å². The van der Waals surface area contributed by atoms with Gasteiger partial charge in [0.1, 0.15) is 21.1 Å². The largest absolute Gasteiger partial charge is 0.433 e. The lowest BCUT2D eigenvalue weighted by atomic mass is 10.00. The van der Waals surface area contributed by atoms with Gasteiger partial charge in [0.15, 0.2) is 0 Å². The normalized spacial score (nSPS) is 11.6. The monoisotopic (exact) mass is 535 g/mol. The molecule has 0 saturated heterocycles. The Morgan fingerprint density at radius 3 is 2.13 bits per heavy atom. The fraction of sp³-hybridized carbons (Fsp3) is 0.111. The second-order valence-corrected chi connectivity index (χ2v) is 9.76. The predicted molar refractivity (Wildman–Crippen MR) is 140 cm³/mol. The van der Waals surface area contributed by atoms with Crippen LogP contribution >= 0.6 is 11.3 Å². The molecule has 0 bridgehead atoms. The number of aromatic nitrogens is 3. The minimum absolute atomic E-state index is 0.00853. The van der Waals surface area contributed by atoms with Gasteiger partial charge < -0.3 is 11.1 Å². The standard InChI is InChI=1S/C27H20F3N5O2S/c1-13-3-7-15(8-4-13)17-11-20(27(28,29)30)32-26-21(17)22(23(38-26)24(31)36)33-25(37)19-12-18(34-35-19)16-9-5-14(2)6-10-16/h3-12H,1-2H3,(H2,31,36)(H,33,37)(H,34,35). The quantitative estimate of drug-likeness (QED) is 0.244. The number of carbonyl (C=O) groups excluding carboxylic acids is 2. The lowest BCUT2D eigenvalue weighted by Crippen LogP contribution is -2.17. The van der Waals surface area contributed by atoms with Crippen LogP contribution < -0.4 is 11.1 Å². The SMILES string of the molecule is Cc1ccc(-c2cc(C(=O)Nc3c(C(N)=O)sc4nc(C(F)(F)F)cc(-c5ccc(C)cc5)c34)[nH]n2)cc1. The van der Waals surface area contributed by atoms with Gasteiger partial charge in [0.05, 0.1) is 11.4 Å². The second kappa shape index (κ2) is 9.42. The number of benzene rings is 2. The molecule has 2 aromatic carbocycles. The smallest absolute Gasteiger partial charge is 0.365 e. The number of rotatable bonds is 5. The van der Waals surface area contributed by atoms with E-state index >= 15 is 0 Å². The number of halogens is 3. The number of hydrogen-bond donors (Lipinski definition) is 3. The van der Waals surface area contributed by atoms with E-state index in [9.17, 15) is 22.8 Å². The molecule has 0 aliphatic rings. The zero-order valence-electron chi connectivity index (χ0n) is 20.1. The lowest BCUT2D eigenvalue weighted by molar-refractivity contribution is -0.140. The molecular weight excluding hydrogens is 515 g/mol. The molecule has 0 radical (unpaired) electrons. The Hall–Kier alpha value is -4.51. The summed E-state index contributed by atoms with van der Waals surface area (Å²) in [6.45, 7) is 3.80. The van der Waals surface area contributed by atoms with Gasteiger partial charge >= 0.3 is 6.18 Å². The van der Waals surface area contributed by atoms with Crippen LogP contribution in [0.5, 0.6) is 0 Å². The maximum atomic E-state index is 13.7. The zero-order chi connectivity index (χ0) is 27.2. The van der Waals surface area contributed by atoms with Crippen molar-refractivity contribution in [3.8, 4) is 22.4 Å². The molecule has 192 valence electrons. The number of anilines is 1. The molecule has 0 spiro atoms. The maximum absolute atomic E-state index is 13.7. The fourth-order valence-corrected chi connectivity index (χ4v) is 5.00. The first kappa shape index (κ1) is 25.2. The first-order chi connectivity index (χ1) is 18.0. The average Bonchev–Trinajstić information content (AvgIpc) is 3.50. The summed E-state index contributed by atoms with van der Waals surface area (Å²) in [6, 6.07) is 16.8. The van der Waals surface area contributed by atoms with Gasteiger partial charge in [0.2, 0.25) is 0 Å². The highest BCUT2D eigenvalue weighted by molar-refractivity contribution is 7.21. The molecule has 11 heteroatoms. The average molecular weight is 536 g/mol. The van der Waals surface area contributed by atoms with E-state index in [2.05, 4.69) is 20.5 Å². The van der Waals surface area contributed by atoms with E-state index in [4.69, 9.17) is 5.73 Å². The third-order valence-corrected chi connectivity index (χ3v) is 7.05. The van der Waals surface area contributed by atoms with E-state index in [1.807, 2.05) is 38.1 Å². The highest BCUT2D eigenvalue weighted by Crippen LogP contribution is 2.43. The summed E-state index contributed by atoms with van der Waals surface area (Å²) in [5, 5.41) is 9.71. The van der Waals surface area contributed by atoms with Crippen LogP contribution in [0, 0.1) is 13.8 Å². The van der Waals surface area contributed by atoms with Crippen molar-refractivity contribution in [2.75, 3.05) is 5.32 Å². The van der Waals surface area contributed by atoms with Gasteiger partial charge in [-0.25, -0.2) is 4.98 Å². The number of nitrogens with zero attached hydrogens (tertiary/aromatic N) is 2. The first-order valence-electron chi connectivity index (χ1n) is 11.4. The molecule has 0 atom stereocenters. The van der Waals surface area contributed by atoms with Crippen LogP contribution in [0.2, 0.25) is 0 Å². The molecule has 3 heterocycles. The number of primary amides is 1. The minimum atomic E-state index is -4.73. The fourth-order valence-electron chi connectivity index (χ4n) is 3.99. The van der Waals surface area contributed by atoms with Gasteiger partial charge in [-0.05, 0) is 37.1 Å². The van der Waals surface area contributed by atoms with Gasteiger partial charge in [-0.2, -0.15) is 18.3 Å². The first-order valence-corrected chi connectivity index (χ1v) is 12.2. The molecule has 0 saturated carbocycles. The maximum Gasteiger partial charge on any atom is 0.433 e. The van der Waals surface area contributed by atoms with E-state index in [0.29, 0.717) is 22.6 Å². The third-order valence-electron chi connectivity index (χ3n) is 5.95. The molecule has 0 fully saturated rings. The number of H-pyrrole nitrogens is 1. The van der Waals surface area contributed by atoms with Crippen molar-refractivity contribution in [1.82, 2.24) is 15.2 Å². The van der Waals surface area contributed by atoms with E-state index in [-0.39, 0.29) is 32.0 Å². The Balaban J connectivity index is 1.63. The number of nitrogens with two attached hydrogens (primary N) is 1. The number of hydrogen-bond acceptors (Lipinski definition) is 5. The molecule has 38 heavy (non-hydrogen) atoms. The van der Waals surface area contributed by atoms with Gasteiger partial charge in [0, 0.05) is 10.9 Å². The van der Waals surface area contributed by atoms with E-state index < -0.39 is 23.7 Å².